The quantitative estimate of drug-likeness (QED) is 0.00250. The number of aliphatic carboxylic acids is 1. The number of nitrogens with two attached hydrogens (primary N) is 6. The van der Waals surface area contributed by atoms with Crippen LogP contribution in [0.3, 0.4) is 0 Å². The van der Waals surface area contributed by atoms with Gasteiger partial charge in [0.2, 0.25) is 35.4 Å². The molecule has 0 bridgehead atoms. The SMILES string of the molecule is CC(=O)CC(=O)Nc1cccc([N+](=O)[O-])c1.CC(O)=C(N=Nc1cccc(C(N)=O)c1)C(=O)Nc1cccc(N)c1.CC(O)=C(N=Nc1cccc(C(N)=O)c1)C(=O)Nc1cccc([N+](=O)[O-])c1.CCC(CCC(C)C(=O)O)c1ccccc1.CCC(CCC(CCC(C)C(=O)OC)C(=O)Nc1cccc(NC(=O)C(N=Nc2cccc(C(N)=O)c2)=C(C)O)c1)c1ccccc1.NC(=O)c1cccc(N)c1. The molecule has 0 aliphatic carbocycles. The maximum atomic E-state index is 13.6. The van der Waals surface area contributed by atoms with Gasteiger partial charge in [-0.2, -0.15) is 15.3 Å². The number of nitro benzene ring substituents is 2. The summed E-state index contributed by atoms with van der Waals surface area (Å²) >= 11 is 0. The van der Waals surface area contributed by atoms with Crippen molar-refractivity contribution in [2.24, 2.45) is 71.4 Å². The predicted molar refractivity (Wildman–Crippen MR) is 534 cm³/mol. The molecule has 21 N–H and O–H groups in total. The highest BCUT2D eigenvalue weighted by atomic mass is 16.6. The number of amides is 9. The van der Waals surface area contributed by atoms with Crippen LogP contribution in [-0.4, -0.2) is 108 Å². The number of anilines is 7. The minimum atomic E-state index is -0.815. The van der Waals surface area contributed by atoms with E-state index in [1.165, 1.54) is 137 Å². The van der Waals surface area contributed by atoms with Crippen LogP contribution in [0.4, 0.5) is 68.2 Å². The van der Waals surface area contributed by atoms with Crippen molar-refractivity contribution in [2.45, 2.75) is 125 Å². The molecule has 0 aliphatic heterocycles. The number of nitrogens with one attached hydrogen (secondary N) is 5. The summed E-state index contributed by atoms with van der Waals surface area (Å²) in [6.45, 7) is 13.0. The molecular weight excluding hydrogens is 1820 g/mol. The van der Waals surface area contributed by atoms with Crippen LogP contribution in [0.25, 0.3) is 0 Å². The zero-order valence-electron chi connectivity index (χ0n) is 78.8. The Morgan fingerprint density at radius 3 is 1.04 bits per heavy atom. The number of azo groups is 3. The van der Waals surface area contributed by atoms with E-state index in [0.717, 1.165) is 38.2 Å². The molecule has 5 unspecified atom stereocenters. The molecule has 0 spiro atoms. The number of non-ortho nitro benzene ring substituents is 2. The number of hydrogen-bond donors (Lipinski definition) is 15. The van der Waals surface area contributed by atoms with Crippen molar-refractivity contribution < 1.29 is 92.5 Å². The molecule has 0 aliphatic rings. The summed E-state index contributed by atoms with van der Waals surface area (Å²) in [5.74, 6) is -7.72. The van der Waals surface area contributed by atoms with E-state index in [0.29, 0.717) is 76.5 Å². The lowest BCUT2D eigenvalue weighted by atomic mass is 9.85. The fourth-order valence-electron chi connectivity index (χ4n) is 12.8. The molecule has 40 heteroatoms. The first-order valence-electron chi connectivity index (χ1n) is 43.7. The van der Waals surface area contributed by atoms with E-state index >= 15 is 0 Å². The molecule has 0 aromatic heterocycles. The van der Waals surface area contributed by atoms with Crippen molar-refractivity contribution in [1.82, 2.24) is 0 Å². The van der Waals surface area contributed by atoms with Crippen LogP contribution in [0.5, 0.6) is 0 Å². The molecule has 0 saturated carbocycles. The van der Waals surface area contributed by atoms with Gasteiger partial charge >= 0.3 is 11.9 Å². The number of carboxylic acids is 1. The number of hydrogen-bond acceptors (Lipinski definition) is 28. The molecule has 0 fully saturated rings. The average Bonchev–Trinajstić information content (AvgIpc) is 0.476. The third-order valence-corrected chi connectivity index (χ3v) is 20.3. The molecule has 10 aromatic carbocycles. The van der Waals surface area contributed by atoms with Crippen molar-refractivity contribution in [3.63, 3.8) is 0 Å². The largest absolute Gasteiger partial charge is 0.510 e. The summed E-state index contributed by atoms with van der Waals surface area (Å²) in [6.07, 6.45) is 5.90. The Bertz CT molecular complexity index is 6250. The summed E-state index contributed by atoms with van der Waals surface area (Å²) in [5, 5.41) is 95.6. The number of nitrogen functional groups attached to an aromatic ring is 2. The molecule has 10 rings (SSSR count). The lowest BCUT2D eigenvalue weighted by Gasteiger charge is -2.22. The Labute approximate surface area is 812 Å². The van der Waals surface area contributed by atoms with Crippen molar-refractivity contribution in [3.8, 4) is 0 Å². The Hall–Kier alpha value is -18.1. The van der Waals surface area contributed by atoms with Gasteiger partial charge in [0, 0.05) is 92.2 Å². The number of Topliss-reactive ketones (excluding diaryl/α,β-unsaturated/α-hetero) is 1. The topological polar surface area (TPSA) is 672 Å². The highest BCUT2D eigenvalue weighted by Crippen LogP contribution is 2.33. The summed E-state index contributed by atoms with van der Waals surface area (Å²) in [6, 6.07) is 69.2. The van der Waals surface area contributed by atoms with Crippen molar-refractivity contribution in [1.29, 1.82) is 0 Å². The lowest BCUT2D eigenvalue weighted by molar-refractivity contribution is -0.385. The van der Waals surface area contributed by atoms with E-state index in [2.05, 4.69) is 95.4 Å². The monoisotopic (exact) mass is 1930 g/mol. The van der Waals surface area contributed by atoms with Gasteiger partial charge in [0.15, 0.2) is 17.1 Å². The van der Waals surface area contributed by atoms with E-state index in [4.69, 9.17) is 44.2 Å². The fraction of sp³-hybridized carbons (Fsp3) is 0.228. The highest BCUT2D eigenvalue weighted by Gasteiger charge is 2.26. The van der Waals surface area contributed by atoms with Gasteiger partial charge < -0.3 is 86.1 Å². The number of carbonyl (C=O) groups is 12. The summed E-state index contributed by atoms with van der Waals surface area (Å²) in [5.41, 5.74) is 37.6. The number of nitrogens with zero attached hydrogens (tertiary/aromatic N) is 8. The Morgan fingerprint density at radius 1 is 0.376 bits per heavy atom. The smallest absolute Gasteiger partial charge is 0.308 e. The number of carbonyl (C=O) groups excluding carboxylic acids is 11. The number of benzene rings is 10. The Kier molecular flexibility index (Phi) is 47.3. The zero-order valence-corrected chi connectivity index (χ0v) is 78.8. The molecule has 10 aromatic rings. The number of primary amides is 4. The molecule has 40 nitrogen and oxygen atoms in total. The van der Waals surface area contributed by atoms with Gasteiger partial charge in [-0.1, -0.05) is 137 Å². The van der Waals surface area contributed by atoms with Gasteiger partial charge in [-0.05, 0) is 223 Å². The second kappa shape index (κ2) is 58.9. The molecule has 9 amide bonds. The van der Waals surface area contributed by atoms with Gasteiger partial charge in [0.25, 0.3) is 29.1 Å². The number of aliphatic hydroxyl groups is 3. The molecule has 0 radical (unpaired) electrons. The molecule has 141 heavy (non-hydrogen) atoms. The second-order valence-corrected chi connectivity index (χ2v) is 31.4. The van der Waals surface area contributed by atoms with Crippen LogP contribution in [0.1, 0.15) is 178 Å². The third-order valence-electron chi connectivity index (χ3n) is 20.3. The standard InChI is InChI=1S/C36H43N5O6.C17H15N5O5.C17H17N5O3.C14H20O2.C10H10N2O4.C7H8N2O/c1-5-25(26-11-7-6-8-12-26)19-20-27(18-17-23(2)36(46)47-4)34(44)38-29-14-10-15-30(22-29)39-35(45)32(24(3)42)41-40-31-16-9-13-28(21-31)33(37)43;1-10(23)15(21-20-13-6-2-4-11(8-13)16(18)24)17(25)19-12-5-3-7-14(9-12)22(26)27;1-10(23)15(17(25)20-13-6-3-5-12(18)9-13)22-21-14-7-2-4-11(8-14)16(19)24;1-3-12(10-9-11(2)14(15)16)13-7-5-4-6-8-13;1-7(13)5-10(14)11-8-3-2-4-9(6-8)12(15)16;8-6-3-1-2-5(4-6)7(9)10/h6-16,21-23,25,27,42H,5,17-20H2,1-4H3,(H2,37,43)(H,38,44)(H,39,45);2-9,23H,1H3,(H2,18,24)(H,19,25);2-9,23H,18H2,1H3,(H2,19,24)(H,20,25);4-8,11-12H,3,9-10H2,1-2H3,(H,15,16);2-4,6H,5H2,1H3,(H,11,14);1-4H,8H2,(H2,9,10). The summed E-state index contributed by atoms with van der Waals surface area (Å²) < 4.78 is 4.88. The number of allylic oxidation sites excluding steroid dienone is 3. The van der Waals surface area contributed by atoms with Gasteiger partial charge in [-0.25, -0.2) is 0 Å². The number of ketones is 1. The Morgan fingerprint density at radius 2 is 0.695 bits per heavy atom. The minimum absolute atomic E-state index is 0.111. The maximum Gasteiger partial charge on any atom is 0.308 e. The third kappa shape index (κ3) is 41.3. The number of carboxylic acid groups (broad SMARTS) is 1. The highest BCUT2D eigenvalue weighted by molar-refractivity contribution is 6.07. The first kappa shape index (κ1) is 113. The van der Waals surface area contributed by atoms with Gasteiger partial charge in [-0.3, -0.25) is 77.8 Å². The van der Waals surface area contributed by atoms with Gasteiger partial charge in [0.1, 0.15) is 23.1 Å². The number of ether oxygens (including phenoxy) is 1. The first-order valence-corrected chi connectivity index (χ1v) is 43.7. The molecular formula is C101H113N19O21. The van der Waals surface area contributed by atoms with Crippen LogP contribution >= 0.6 is 0 Å². The second-order valence-electron chi connectivity index (χ2n) is 31.4. The summed E-state index contributed by atoms with van der Waals surface area (Å²) in [7, 11) is 1.36. The van der Waals surface area contributed by atoms with E-state index < -0.39 is 74.5 Å². The first-order chi connectivity index (χ1) is 67.0. The zero-order chi connectivity index (χ0) is 104. The fourth-order valence-corrected chi connectivity index (χ4v) is 12.8. The normalized spacial score (nSPS) is 12.3. The number of aliphatic hydroxyl groups excluding tert-OH is 3. The van der Waals surface area contributed by atoms with Crippen molar-refractivity contribution >= 4 is 139 Å². The maximum absolute atomic E-state index is 13.6. The van der Waals surface area contributed by atoms with Crippen LogP contribution < -0.4 is 61.0 Å². The van der Waals surface area contributed by atoms with Crippen LogP contribution in [0, 0.1) is 38.0 Å². The van der Waals surface area contributed by atoms with E-state index in [-0.39, 0.29) is 110 Å². The average molecular weight is 1930 g/mol. The summed E-state index contributed by atoms with van der Waals surface area (Å²) in [4.78, 5) is 160. The van der Waals surface area contributed by atoms with Gasteiger partial charge in [-0.15, -0.1) is 15.3 Å². The van der Waals surface area contributed by atoms with Crippen LogP contribution in [-0.2, 0) is 43.1 Å². The van der Waals surface area contributed by atoms with Crippen LogP contribution in [0.2, 0.25) is 0 Å². The van der Waals surface area contributed by atoms with Crippen molar-refractivity contribution in [3.05, 3.63) is 343 Å². The Balaban J connectivity index is 0.000000320. The number of methoxy groups -OCH3 is 1. The number of esters is 1. The predicted octanol–water partition coefficient (Wildman–Crippen LogP) is 19.1. The molecule has 0 saturated heterocycles. The van der Waals surface area contributed by atoms with E-state index in [1.54, 1.807) is 111 Å². The molecule has 5 atom stereocenters. The van der Waals surface area contributed by atoms with E-state index in [1.807, 2.05) is 36.4 Å². The minimum Gasteiger partial charge on any atom is -0.510 e. The number of rotatable bonds is 38. The number of nitro groups is 2. The lowest BCUT2D eigenvalue weighted by Crippen LogP contribution is -2.25. The van der Waals surface area contributed by atoms with Crippen LogP contribution in [0.15, 0.2) is 320 Å². The van der Waals surface area contributed by atoms with Gasteiger partial charge in [0.05, 0.1) is 52.3 Å². The molecule has 738 valence electrons. The molecule has 0 heterocycles. The van der Waals surface area contributed by atoms with E-state index in [9.17, 15) is 93.1 Å². The van der Waals surface area contributed by atoms with Crippen molar-refractivity contribution in [2.75, 3.05) is 45.2 Å².